The Bertz CT molecular complexity index is 1130. The first-order valence-electron chi connectivity index (χ1n) is 10.2. The van der Waals surface area contributed by atoms with Gasteiger partial charge in [0.15, 0.2) is 0 Å². The van der Waals surface area contributed by atoms with E-state index in [1.165, 1.54) is 0 Å². The van der Waals surface area contributed by atoms with Crippen molar-refractivity contribution in [3.63, 3.8) is 0 Å². The molecule has 1 aliphatic heterocycles. The monoisotopic (exact) mass is 429 g/mol. The molecule has 1 aromatic carbocycles. The average Bonchev–Trinajstić information content (AvgIpc) is 2.83. The maximum Gasteiger partial charge on any atom is 0.319 e. The summed E-state index contributed by atoms with van der Waals surface area (Å²) in [6.45, 7) is 3.50. The average molecular weight is 429 g/mol. The van der Waals surface area contributed by atoms with Crippen molar-refractivity contribution in [1.82, 2.24) is 20.3 Å². The lowest BCUT2D eigenvalue weighted by Gasteiger charge is -2.30. The first-order valence-corrected chi connectivity index (χ1v) is 10.2. The van der Waals surface area contributed by atoms with Gasteiger partial charge in [0, 0.05) is 49.5 Å². The van der Waals surface area contributed by atoms with Gasteiger partial charge in [0.05, 0.1) is 30.7 Å². The number of ether oxygens (including phenoxy) is 1. The van der Waals surface area contributed by atoms with Gasteiger partial charge < -0.3 is 26.0 Å². The molecular weight excluding hydrogens is 406 g/mol. The van der Waals surface area contributed by atoms with Crippen molar-refractivity contribution in [2.24, 2.45) is 0 Å². The molecule has 162 valence electrons. The number of carbonyl (C=O) groups is 1. The van der Waals surface area contributed by atoms with Gasteiger partial charge in [0.1, 0.15) is 0 Å². The highest BCUT2D eigenvalue weighted by molar-refractivity contribution is 5.89. The van der Waals surface area contributed by atoms with Gasteiger partial charge in [-0.2, -0.15) is 0 Å². The third-order valence-electron chi connectivity index (χ3n) is 4.80. The number of amides is 2. The summed E-state index contributed by atoms with van der Waals surface area (Å²) in [5.74, 6) is 6.11. The smallest absolute Gasteiger partial charge is 0.319 e. The summed E-state index contributed by atoms with van der Waals surface area (Å²) in [5, 5.41) is 5.71. The number of rotatable bonds is 4. The molecule has 1 fully saturated rings. The Balaban J connectivity index is 1.36. The molecule has 0 aliphatic carbocycles. The topological polar surface area (TPSA) is 118 Å². The molecule has 0 unspecified atom stereocenters. The summed E-state index contributed by atoms with van der Waals surface area (Å²) < 4.78 is 5.43. The number of urea groups is 1. The Morgan fingerprint density at radius 2 is 1.81 bits per heavy atom. The van der Waals surface area contributed by atoms with Gasteiger partial charge in [0.2, 0.25) is 5.95 Å². The number of hydrogen-bond acceptors (Lipinski definition) is 7. The second-order valence-electron chi connectivity index (χ2n) is 7.08. The van der Waals surface area contributed by atoms with Gasteiger partial charge in [-0.25, -0.2) is 14.8 Å². The van der Waals surface area contributed by atoms with E-state index in [0.717, 1.165) is 24.3 Å². The number of morpholine rings is 1. The second kappa shape index (κ2) is 10.2. The van der Waals surface area contributed by atoms with E-state index in [1.807, 2.05) is 18.2 Å². The Morgan fingerprint density at radius 1 is 1.06 bits per heavy atom. The van der Waals surface area contributed by atoms with Crippen molar-refractivity contribution < 1.29 is 9.53 Å². The lowest BCUT2D eigenvalue weighted by Crippen LogP contribution is -2.37. The molecule has 0 saturated carbocycles. The van der Waals surface area contributed by atoms with E-state index in [9.17, 15) is 4.79 Å². The molecule has 0 radical (unpaired) electrons. The number of pyridine rings is 1. The molecule has 4 N–H and O–H groups in total. The van der Waals surface area contributed by atoms with Crippen LogP contribution >= 0.6 is 0 Å². The van der Waals surface area contributed by atoms with E-state index in [4.69, 9.17) is 10.5 Å². The lowest BCUT2D eigenvalue weighted by molar-refractivity contribution is 0.122. The molecule has 1 aliphatic rings. The first kappa shape index (κ1) is 21.1. The van der Waals surface area contributed by atoms with E-state index in [1.54, 1.807) is 30.9 Å². The van der Waals surface area contributed by atoms with E-state index in [0.29, 0.717) is 36.6 Å². The molecular formula is C23H23N7O2. The van der Waals surface area contributed by atoms with Crippen LogP contribution in [0.25, 0.3) is 0 Å². The molecule has 2 amide bonds. The normalized spacial score (nSPS) is 13.1. The summed E-state index contributed by atoms with van der Waals surface area (Å²) in [6.07, 6.45) is 6.28. The largest absolute Gasteiger partial charge is 0.378 e. The number of aromatic nitrogens is 3. The predicted octanol–water partition coefficient (Wildman–Crippen LogP) is 2.01. The Morgan fingerprint density at radius 3 is 2.62 bits per heavy atom. The Kier molecular flexibility index (Phi) is 6.75. The Hall–Kier alpha value is -4.16. The fraction of sp³-hybridized carbons (Fsp3) is 0.217. The molecule has 32 heavy (non-hydrogen) atoms. The van der Waals surface area contributed by atoms with Gasteiger partial charge >= 0.3 is 6.03 Å². The minimum Gasteiger partial charge on any atom is -0.378 e. The zero-order chi connectivity index (χ0) is 22.2. The molecule has 1 saturated heterocycles. The highest BCUT2D eigenvalue weighted by Gasteiger charge is 2.14. The summed E-state index contributed by atoms with van der Waals surface area (Å²) >= 11 is 0. The number of hydrogen-bond donors (Lipinski definition) is 3. The third-order valence-corrected chi connectivity index (χ3v) is 4.80. The van der Waals surface area contributed by atoms with Gasteiger partial charge in [-0.1, -0.05) is 30.0 Å². The number of nitrogens with zero attached hydrogens (tertiary/aromatic N) is 4. The summed E-state index contributed by atoms with van der Waals surface area (Å²) in [5.41, 5.74) is 9.47. The lowest BCUT2D eigenvalue weighted by atomic mass is 10.1. The highest BCUT2D eigenvalue weighted by Crippen LogP contribution is 2.21. The van der Waals surface area contributed by atoms with Crippen LogP contribution in [0.2, 0.25) is 0 Å². The van der Waals surface area contributed by atoms with E-state index < -0.39 is 0 Å². The quantitative estimate of drug-likeness (QED) is 0.543. The van der Waals surface area contributed by atoms with Crippen molar-refractivity contribution in [2.45, 2.75) is 6.54 Å². The summed E-state index contributed by atoms with van der Waals surface area (Å²) in [6, 6.07) is 9.49. The number of carbonyl (C=O) groups excluding carboxylic acids is 1. The van der Waals surface area contributed by atoms with E-state index in [2.05, 4.69) is 48.4 Å². The SMILES string of the molecule is Nc1ncc(C#Cc2cncc(NC(=O)NCc3ccccc3N3CCOCC3)c2)cn1. The second-order valence-corrected chi connectivity index (χ2v) is 7.08. The molecule has 0 atom stereocenters. The standard InChI is InChI=1S/C23H23N7O2/c24-22-26-13-18(14-27-22)6-5-17-11-20(16-25-12-17)29-23(31)28-15-19-3-1-2-4-21(19)30-7-9-32-10-8-30/h1-4,11-14,16H,7-10,15H2,(H2,24,26,27)(H2,28,29,31). The maximum atomic E-state index is 12.4. The molecule has 4 rings (SSSR count). The summed E-state index contributed by atoms with van der Waals surface area (Å²) in [7, 11) is 0. The van der Waals surface area contributed by atoms with Crippen LogP contribution < -0.4 is 21.3 Å². The van der Waals surface area contributed by atoms with Crippen molar-refractivity contribution in [1.29, 1.82) is 0 Å². The van der Waals surface area contributed by atoms with Crippen LogP contribution in [0, 0.1) is 11.8 Å². The van der Waals surface area contributed by atoms with Crippen LogP contribution in [-0.2, 0) is 11.3 Å². The highest BCUT2D eigenvalue weighted by atomic mass is 16.5. The van der Waals surface area contributed by atoms with Crippen molar-refractivity contribution in [3.05, 3.63) is 71.8 Å². The first-order chi connectivity index (χ1) is 15.7. The molecule has 3 heterocycles. The molecule has 3 aromatic rings. The van der Waals surface area contributed by atoms with Crippen LogP contribution in [0.4, 0.5) is 22.1 Å². The number of para-hydroxylation sites is 1. The van der Waals surface area contributed by atoms with Gasteiger partial charge in [0.25, 0.3) is 0 Å². The Labute approximate surface area is 186 Å². The predicted molar refractivity (Wildman–Crippen MR) is 122 cm³/mol. The molecule has 0 spiro atoms. The number of anilines is 3. The number of nitrogen functional groups attached to an aromatic ring is 1. The van der Waals surface area contributed by atoms with E-state index >= 15 is 0 Å². The molecule has 2 aromatic heterocycles. The number of benzene rings is 1. The third kappa shape index (κ3) is 5.71. The minimum absolute atomic E-state index is 0.196. The fourth-order valence-corrected chi connectivity index (χ4v) is 3.25. The molecule has 9 heteroatoms. The molecule has 0 bridgehead atoms. The van der Waals surface area contributed by atoms with Crippen LogP contribution in [0.5, 0.6) is 0 Å². The van der Waals surface area contributed by atoms with Crippen molar-refractivity contribution in [3.8, 4) is 11.8 Å². The fourth-order valence-electron chi connectivity index (χ4n) is 3.25. The van der Waals surface area contributed by atoms with Crippen LogP contribution in [-0.4, -0.2) is 47.3 Å². The zero-order valence-corrected chi connectivity index (χ0v) is 17.4. The van der Waals surface area contributed by atoms with Crippen LogP contribution in [0.1, 0.15) is 16.7 Å². The number of nitrogens with two attached hydrogens (primary N) is 1. The maximum absolute atomic E-state index is 12.4. The van der Waals surface area contributed by atoms with Crippen molar-refractivity contribution in [2.75, 3.05) is 42.3 Å². The van der Waals surface area contributed by atoms with Gasteiger partial charge in [-0.15, -0.1) is 0 Å². The van der Waals surface area contributed by atoms with E-state index in [-0.39, 0.29) is 12.0 Å². The minimum atomic E-state index is -0.319. The zero-order valence-electron chi connectivity index (χ0n) is 17.4. The summed E-state index contributed by atoms with van der Waals surface area (Å²) in [4.78, 5) is 26.7. The number of nitrogens with one attached hydrogen (secondary N) is 2. The van der Waals surface area contributed by atoms with Crippen LogP contribution in [0.15, 0.2) is 55.1 Å². The van der Waals surface area contributed by atoms with Crippen molar-refractivity contribution >= 4 is 23.4 Å². The molecule has 9 nitrogen and oxygen atoms in total. The van der Waals surface area contributed by atoms with Gasteiger partial charge in [-0.3, -0.25) is 4.98 Å². The van der Waals surface area contributed by atoms with Crippen LogP contribution in [0.3, 0.4) is 0 Å². The van der Waals surface area contributed by atoms with Gasteiger partial charge in [-0.05, 0) is 17.7 Å².